The molecule has 6 heteroatoms. The van der Waals surface area contributed by atoms with Crippen molar-refractivity contribution in [3.63, 3.8) is 0 Å². The molecule has 150 valence electrons. The summed E-state index contributed by atoms with van der Waals surface area (Å²) in [5, 5.41) is 8.97. The van der Waals surface area contributed by atoms with Gasteiger partial charge in [-0.1, -0.05) is 32.1 Å². The summed E-state index contributed by atoms with van der Waals surface area (Å²) in [4.78, 5) is 14.1. The second-order valence-electron chi connectivity index (χ2n) is 10.00. The van der Waals surface area contributed by atoms with Gasteiger partial charge in [-0.2, -0.15) is 0 Å². The Hall–Kier alpha value is -1.59. The smallest absolute Gasteiger partial charge is 0.410 e. The molecule has 0 bridgehead atoms. The lowest BCUT2D eigenvalue weighted by molar-refractivity contribution is -0.0494. The zero-order valence-electron chi connectivity index (χ0n) is 17.2. The number of amides is 1. The molecule has 1 saturated heterocycles. The molecule has 1 aromatic heterocycles. The van der Waals surface area contributed by atoms with E-state index in [1.165, 1.54) is 38.5 Å². The van der Waals surface area contributed by atoms with Crippen LogP contribution in [0.5, 0.6) is 0 Å². The topological polar surface area (TPSA) is 60.2 Å². The van der Waals surface area contributed by atoms with Gasteiger partial charge in [0.1, 0.15) is 17.2 Å². The highest BCUT2D eigenvalue weighted by atomic mass is 16.6. The van der Waals surface area contributed by atoms with E-state index in [1.807, 2.05) is 25.7 Å². The SMILES string of the molecule is CC(C)(C)OC(=O)N1CC2(CCc3nnc(CCC4CCCCC4)n3C2)C1. The third-order valence-electron chi connectivity index (χ3n) is 6.48. The van der Waals surface area contributed by atoms with Gasteiger partial charge in [-0.05, 0) is 39.5 Å². The summed E-state index contributed by atoms with van der Waals surface area (Å²) < 4.78 is 7.87. The van der Waals surface area contributed by atoms with Gasteiger partial charge >= 0.3 is 6.09 Å². The molecule has 0 atom stereocenters. The monoisotopic (exact) mass is 374 g/mol. The standard InChI is InChI=1S/C21H34N4O2/c1-20(2,3)27-19(26)24-13-21(14-24)12-11-18-23-22-17(25(18)15-21)10-9-16-7-5-4-6-8-16/h16H,4-15H2,1-3H3. The first-order valence-electron chi connectivity index (χ1n) is 10.7. The molecule has 0 aromatic carbocycles. The van der Waals surface area contributed by atoms with Gasteiger partial charge in [0.05, 0.1) is 0 Å². The first-order chi connectivity index (χ1) is 12.8. The van der Waals surface area contributed by atoms with Crippen LogP contribution in [0.25, 0.3) is 0 Å². The second kappa shape index (κ2) is 7.10. The predicted octanol–water partition coefficient (Wildman–Crippen LogP) is 3.97. The minimum atomic E-state index is -0.430. The molecule has 1 aromatic rings. The molecule has 0 unspecified atom stereocenters. The Morgan fingerprint density at radius 2 is 1.89 bits per heavy atom. The van der Waals surface area contributed by atoms with Crippen molar-refractivity contribution in [3.8, 4) is 0 Å². The highest BCUT2D eigenvalue weighted by Gasteiger charge is 2.48. The molecule has 1 aliphatic carbocycles. The molecule has 0 N–H and O–H groups in total. The fraction of sp³-hybridized carbons (Fsp3) is 0.857. The minimum absolute atomic E-state index is 0.180. The lowest BCUT2D eigenvalue weighted by atomic mass is 9.74. The number of rotatable bonds is 3. The summed E-state index contributed by atoms with van der Waals surface area (Å²) in [5.41, 5.74) is -0.244. The van der Waals surface area contributed by atoms with Crippen LogP contribution in [-0.2, 0) is 24.1 Å². The van der Waals surface area contributed by atoms with Crippen molar-refractivity contribution in [1.29, 1.82) is 0 Å². The number of nitrogens with zero attached hydrogens (tertiary/aromatic N) is 4. The molecule has 27 heavy (non-hydrogen) atoms. The van der Waals surface area contributed by atoms with Crippen LogP contribution in [0.1, 0.15) is 77.4 Å². The zero-order valence-corrected chi connectivity index (χ0v) is 17.2. The largest absolute Gasteiger partial charge is 0.444 e. The van der Waals surface area contributed by atoms with Crippen molar-refractivity contribution >= 4 is 6.09 Å². The molecular formula is C21H34N4O2. The van der Waals surface area contributed by atoms with E-state index in [9.17, 15) is 4.79 Å². The van der Waals surface area contributed by atoms with Crippen molar-refractivity contribution in [1.82, 2.24) is 19.7 Å². The third-order valence-corrected chi connectivity index (χ3v) is 6.48. The molecule has 6 nitrogen and oxygen atoms in total. The molecule has 1 amide bonds. The van der Waals surface area contributed by atoms with Gasteiger partial charge in [-0.25, -0.2) is 4.79 Å². The molecule has 0 radical (unpaired) electrons. The van der Waals surface area contributed by atoms with Crippen LogP contribution in [0.2, 0.25) is 0 Å². The Morgan fingerprint density at radius 1 is 1.15 bits per heavy atom. The van der Waals surface area contributed by atoms with E-state index in [0.29, 0.717) is 0 Å². The van der Waals surface area contributed by atoms with Crippen LogP contribution in [0.15, 0.2) is 0 Å². The van der Waals surface area contributed by atoms with E-state index in [-0.39, 0.29) is 11.5 Å². The number of aromatic nitrogens is 3. The zero-order chi connectivity index (χ0) is 19.1. The average molecular weight is 375 g/mol. The molecule has 1 spiro atoms. The summed E-state index contributed by atoms with van der Waals surface area (Å²) in [6.45, 7) is 8.30. The van der Waals surface area contributed by atoms with E-state index in [1.54, 1.807) is 0 Å². The highest BCUT2D eigenvalue weighted by molar-refractivity contribution is 5.69. The summed E-state index contributed by atoms with van der Waals surface area (Å²) >= 11 is 0. The van der Waals surface area contributed by atoms with E-state index < -0.39 is 5.60 Å². The first-order valence-corrected chi connectivity index (χ1v) is 10.7. The van der Waals surface area contributed by atoms with Crippen LogP contribution < -0.4 is 0 Å². The Bertz CT molecular complexity index is 679. The van der Waals surface area contributed by atoms with Gasteiger partial charge in [0.15, 0.2) is 0 Å². The van der Waals surface area contributed by atoms with Crippen LogP contribution in [0.4, 0.5) is 4.79 Å². The maximum absolute atomic E-state index is 12.3. The number of hydrogen-bond donors (Lipinski definition) is 0. The van der Waals surface area contributed by atoms with Crippen molar-refractivity contribution in [2.75, 3.05) is 13.1 Å². The van der Waals surface area contributed by atoms with Gasteiger partial charge in [-0.3, -0.25) is 0 Å². The van der Waals surface area contributed by atoms with Crippen LogP contribution in [-0.4, -0.2) is 44.4 Å². The Morgan fingerprint density at radius 3 is 2.59 bits per heavy atom. The predicted molar refractivity (Wildman–Crippen MR) is 103 cm³/mol. The van der Waals surface area contributed by atoms with Gasteiger partial charge < -0.3 is 14.2 Å². The molecule has 3 heterocycles. The Kier molecular flexibility index (Phi) is 4.93. The van der Waals surface area contributed by atoms with Gasteiger partial charge in [0.25, 0.3) is 0 Å². The van der Waals surface area contributed by atoms with Crippen molar-refractivity contribution in [2.45, 2.75) is 90.7 Å². The van der Waals surface area contributed by atoms with Gasteiger partial charge in [0.2, 0.25) is 0 Å². The van der Waals surface area contributed by atoms with Crippen molar-refractivity contribution in [2.24, 2.45) is 11.3 Å². The highest BCUT2D eigenvalue weighted by Crippen LogP contribution is 2.41. The third kappa shape index (κ3) is 4.14. The first kappa shape index (κ1) is 18.8. The van der Waals surface area contributed by atoms with E-state index in [0.717, 1.165) is 56.5 Å². The average Bonchev–Trinajstić information content (AvgIpc) is 2.99. The van der Waals surface area contributed by atoms with Gasteiger partial charge in [-0.15, -0.1) is 10.2 Å². The van der Waals surface area contributed by atoms with Gasteiger partial charge in [0, 0.05) is 37.9 Å². The summed E-state index contributed by atoms with van der Waals surface area (Å²) in [6.07, 6.45) is 11.1. The number of ether oxygens (including phenoxy) is 1. The molecule has 4 rings (SSSR count). The minimum Gasteiger partial charge on any atom is -0.444 e. The number of carbonyl (C=O) groups is 1. The summed E-state index contributed by atoms with van der Waals surface area (Å²) in [7, 11) is 0. The fourth-order valence-electron chi connectivity index (χ4n) is 5.00. The van der Waals surface area contributed by atoms with Crippen LogP contribution in [0.3, 0.4) is 0 Å². The van der Waals surface area contributed by atoms with Crippen molar-refractivity contribution in [3.05, 3.63) is 11.6 Å². The number of carbonyl (C=O) groups excluding carboxylic acids is 1. The number of likely N-dealkylation sites (tertiary alicyclic amines) is 1. The Balaban J connectivity index is 1.34. The van der Waals surface area contributed by atoms with Crippen molar-refractivity contribution < 1.29 is 9.53 Å². The Labute approximate surface area is 162 Å². The molecular weight excluding hydrogens is 340 g/mol. The maximum Gasteiger partial charge on any atom is 0.410 e. The second-order valence-corrected chi connectivity index (χ2v) is 10.00. The lowest BCUT2D eigenvalue weighted by Crippen LogP contribution is -2.62. The lowest BCUT2D eigenvalue weighted by Gasteiger charge is -2.52. The number of hydrogen-bond acceptors (Lipinski definition) is 4. The van der Waals surface area contributed by atoms with E-state index >= 15 is 0 Å². The van der Waals surface area contributed by atoms with E-state index in [2.05, 4.69) is 14.8 Å². The summed E-state index contributed by atoms with van der Waals surface area (Å²) in [5.74, 6) is 3.16. The molecule has 2 fully saturated rings. The molecule has 2 aliphatic heterocycles. The fourth-order valence-corrected chi connectivity index (χ4v) is 5.00. The quantitative estimate of drug-likeness (QED) is 0.803. The number of aryl methyl sites for hydroxylation is 2. The van der Waals surface area contributed by atoms with Crippen LogP contribution in [0, 0.1) is 11.3 Å². The normalized spacial score (nSPS) is 22.4. The van der Waals surface area contributed by atoms with E-state index in [4.69, 9.17) is 4.74 Å². The number of fused-ring (bicyclic) bond motifs is 1. The maximum atomic E-state index is 12.3. The molecule has 1 saturated carbocycles. The van der Waals surface area contributed by atoms with Crippen LogP contribution >= 0.6 is 0 Å². The summed E-state index contributed by atoms with van der Waals surface area (Å²) in [6, 6.07) is 0. The molecule has 3 aliphatic rings.